The first-order valence-corrected chi connectivity index (χ1v) is 7.61. The van der Waals surface area contributed by atoms with Crippen LogP contribution in [-0.4, -0.2) is 18.2 Å². The number of rotatable bonds is 3. The average molecular weight is 275 g/mol. The minimum atomic E-state index is -0.103. The van der Waals surface area contributed by atoms with E-state index in [9.17, 15) is 0 Å². The molecule has 1 aliphatic rings. The van der Waals surface area contributed by atoms with E-state index in [1.165, 1.54) is 16.7 Å². The molecule has 1 saturated heterocycles. The van der Waals surface area contributed by atoms with Gasteiger partial charge in [-0.3, -0.25) is 0 Å². The Labute approximate surface area is 123 Å². The molecule has 0 bridgehead atoms. The van der Waals surface area contributed by atoms with Crippen LogP contribution in [0.4, 0.5) is 0 Å². The van der Waals surface area contributed by atoms with Crippen molar-refractivity contribution in [3.05, 3.63) is 34.9 Å². The molecule has 20 heavy (non-hydrogen) atoms. The predicted octanol–water partition coefficient (Wildman–Crippen LogP) is 4.16. The summed E-state index contributed by atoms with van der Waals surface area (Å²) in [4.78, 5) is 0. The molecular weight excluding hydrogens is 246 g/mol. The summed E-state index contributed by atoms with van der Waals surface area (Å²) in [5.74, 6) is 0.476. The SMILES string of the molecule is CNC(c1ccc(C)cc1C)C1CC(C)(C)OC1(C)C. The van der Waals surface area contributed by atoms with Crippen LogP contribution < -0.4 is 5.32 Å². The molecular formula is C18H29NO. The Balaban J connectivity index is 2.37. The van der Waals surface area contributed by atoms with Crippen LogP contribution in [0.1, 0.15) is 56.8 Å². The summed E-state index contributed by atoms with van der Waals surface area (Å²) in [7, 11) is 2.06. The summed E-state index contributed by atoms with van der Waals surface area (Å²) >= 11 is 0. The maximum Gasteiger partial charge on any atom is 0.0681 e. The molecule has 0 saturated carbocycles. The molecule has 1 fully saturated rings. The lowest BCUT2D eigenvalue weighted by atomic mass is 9.78. The smallest absolute Gasteiger partial charge is 0.0681 e. The molecule has 112 valence electrons. The third kappa shape index (κ3) is 2.91. The first kappa shape index (κ1) is 15.5. The monoisotopic (exact) mass is 275 g/mol. The second-order valence-corrected chi connectivity index (χ2v) is 7.40. The molecule has 1 aromatic rings. The lowest BCUT2D eigenvalue weighted by molar-refractivity contribution is -0.0776. The molecule has 2 rings (SSSR count). The molecule has 1 heterocycles. The fourth-order valence-electron chi connectivity index (χ4n) is 3.87. The summed E-state index contributed by atoms with van der Waals surface area (Å²) in [5.41, 5.74) is 3.95. The Hall–Kier alpha value is -0.860. The summed E-state index contributed by atoms with van der Waals surface area (Å²) in [6.07, 6.45) is 1.08. The molecule has 1 N–H and O–H groups in total. The van der Waals surface area contributed by atoms with Crippen molar-refractivity contribution in [2.45, 2.75) is 65.2 Å². The number of benzene rings is 1. The van der Waals surface area contributed by atoms with E-state index in [4.69, 9.17) is 4.74 Å². The second-order valence-electron chi connectivity index (χ2n) is 7.40. The largest absolute Gasteiger partial charge is 0.369 e. The lowest BCUT2D eigenvalue weighted by Gasteiger charge is -2.34. The molecule has 2 nitrogen and oxygen atoms in total. The molecule has 0 radical (unpaired) electrons. The van der Waals surface area contributed by atoms with Crippen LogP contribution >= 0.6 is 0 Å². The highest BCUT2D eigenvalue weighted by Gasteiger charge is 2.49. The van der Waals surface area contributed by atoms with Crippen molar-refractivity contribution in [2.24, 2.45) is 5.92 Å². The van der Waals surface area contributed by atoms with Gasteiger partial charge in [-0.05, 0) is 66.1 Å². The standard InChI is InChI=1S/C18H29NO/c1-12-8-9-14(13(2)10-12)16(19-7)15-11-17(3,4)20-18(15,5)6/h8-10,15-16,19H,11H2,1-7H3. The van der Waals surface area contributed by atoms with Gasteiger partial charge in [-0.1, -0.05) is 23.8 Å². The Kier molecular flexibility index (Phi) is 4.01. The molecule has 2 heteroatoms. The zero-order valence-electron chi connectivity index (χ0n) is 14.0. The van der Waals surface area contributed by atoms with Crippen LogP contribution in [0.2, 0.25) is 0 Å². The van der Waals surface area contributed by atoms with Gasteiger partial charge in [0.1, 0.15) is 0 Å². The number of nitrogens with one attached hydrogen (secondary N) is 1. The van der Waals surface area contributed by atoms with Crippen LogP contribution in [0.3, 0.4) is 0 Å². The number of hydrogen-bond donors (Lipinski definition) is 1. The molecule has 1 aliphatic heterocycles. The zero-order valence-corrected chi connectivity index (χ0v) is 14.0. The van der Waals surface area contributed by atoms with E-state index in [0.717, 1.165) is 6.42 Å². The molecule has 0 amide bonds. The Morgan fingerprint density at radius 2 is 1.85 bits per heavy atom. The van der Waals surface area contributed by atoms with Crippen molar-refractivity contribution in [2.75, 3.05) is 7.05 Å². The Morgan fingerprint density at radius 1 is 1.20 bits per heavy atom. The fraction of sp³-hybridized carbons (Fsp3) is 0.667. The minimum absolute atomic E-state index is 0.0398. The van der Waals surface area contributed by atoms with Gasteiger partial charge in [0.2, 0.25) is 0 Å². The first-order chi connectivity index (χ1) is 9.16. The van der Waals surface area contributed by atoms with Gasteiger partial charge in [0.25, 0.3) is 0 Å². The maximum atomic E-state index is 6.28. The zero-order chi connectivity index (χ0) is 15.1. The van der Waals surface area contributed by atoms with Gasteiger partial charge in [0, 0.05) is 12.0 Å². The van der Waals surface area contributed by atoms with Crippen molar-refractivity contribution in [3.8, 4) is 0 Å². The normalized spacial score (nSPS) is 25.6. The van der Waals surface area contributed by atoms with Gasteiger partial charge in [-0.15, -0.1) is 0 Å². The summed E-state index contributed by atoms with van der Waals surface area (Å²) in [6.45, 7) is 13.2. The molecule has 0 spiro atoms. The van der Waals surface area contributed by atoms with E-state index in [2.05, 4.69) is 72.1 Å². The minimum Gasteiger partial charge on any atom is -0.369 e. The molecule has 1 aromatic carbocycles. The van der Waals surface area contributed by atoms with Crippen molar-refractivity contribution in [3.63, 3.8) is 0 Å². The van der Waals surface area contributed by atoms with Crippen molar-refractivity contribution in [1.82, 2.24) is 5.32 Å². The van der Waals surface area contributed by atoms with Crippen molar-refractivity contribution < 1.29 is 4.74 Å². The van der Waals surface area contributed by atoms with E-state index in [-0.39, 0.29) is 11.2 Å². The van der Waals surface area contributed by atoms with Crippen LogP contribution in [0.15, 0.2) is 18.2 Å². The van der Waals surface area contributed by atoms with Gasteiger partial charge in [0.05, 0.1) is 11.2 Å². The van der Waals surface area contributed by atoms with Gasteiger partial charge < -0.3 is 10.1 Å². The molecule has 0 aliphatic carbocycles. The highest BCUT2D eigenvalue weighted by atomic mass is 16.5. The Bertz CT molecular complexity index is 490. The molecule has 2 atom stereocenters. The third-order valence-corrected chi connectivity index (χ3v) is 4.62. The van der Waals surface area contributed by atoms with E-state index in [1.807, 2.05) is 0 Å². The quantitative estimate of drug-likeness (QED) is 0.894. The van der Waals surface area contributed by atoms with Crippen molar-refractivity contribution >= 4 is 0 Å². The van der Waals surface area contributed by atoms with Crippen LogP contribution in [0.5, 0.6) is 0 Å². The highest BCUT2D eigenvalue weighted by molar-refractivity contribution is 5.34. The first-order valence-electron chi connectivity index (χ1n) is 7.61. The van der Waals surface area contributed by atoms with Crippen molar-refractivity contribution in [1.29, 1.82) is 0 Å². The van der Waals surface area contributed by atoms with Crippen LogP contribution in [-0.2, 0) is 4.74 Å². The van der Waals surface area contributed by atoms with Crippen LogP contribution in [0.25, 0.3) is 0 Å². The van der Waals surface area contributed by atoms with Gasteiger partial charge in [0.15, 0.2) is 0 Å². The van der Waals surface area contributed by atoms with Gasteiger partial charge >= 0.3 is 0 Å². The van der Waals surface area contributed by atoms with Crippen LogP contribution in [0, 0.1) is 19.8 Å². The summed E-state index contributed by atoms with van der Waals surface area (Å²) in [5, 5.41) is 3.53. The van der Waals surface area contributed by atoms with Gasteiger partial charge in [-0.2, -0.15) is 0 Å². The van der Waals surface area contributed by atoms with E-state index >= 15 is 0 Å². The highest BCUT2D eigenvalue weighted by Crippen LogP contribution is 2.47. The second kappa shape index (κ2) is 5.16. The predicted molar refractivity (Wildman–Crippen MR) is 85.1 cm³/mol. The maximum absolute atomic E-state index is 6.28. The number of aryl methyl sites for hydroxylation is 2. The van der Waals surface area contributed by atoms with E-state index < -0.39 is 0 Å². The number of ether oxygens (including phenoxy) is 1. The molecule has 0 aromatic heterocycles. The van der Waals surface area contributed by atoms with E-state index in [0.29, 0.717) is 12.0 Å². The van der Waals surface area contributed by atoms with E-state index in [1.54, 1.807) is 0 Å². The lowest BCUT2D eigenvalue weighted by Crippen LogP contribution is -2.37. The summed E-state index contributed by atoms with van der Waals surface area (Å²) in [6, 6.07) is 7.09. The topological polar surface area (TPSA) is 21.3 Å². The molecule has 2 unspecified atom stereocenters. The fourth-order valence-corrected chi connectivity index (χ4v) is 3.87. The average Bonchev–Trinajstić information content (AvgIpc) is 2.51. The third-order valence-electron chi connectivity index (χ3n) is 4.62. The Morgan fingerprint density at radius 3 is 2.30 bits per heavy atom. The van der Waals surface area contributed by atoms with Gasteiger partial charge in [-0.25, -0.2) is 0 Å². The summed E-state index contributed by atoms with van der Waals surface area (Å²) < 4.78 is 6.28. The number of hydrogen-bond acceptors (Lipinski definition) is 2.